The van der Waals surface area contributed by atoms with Crippen molar-refractivity contribution in [2.75, 3.05) is 13.6 Å². The van der Waals surface area contributed by atoms with Crippen LogP contribution in [0.3, 0.4) is 0 Å². The van der Waals surface area contributed by atoms with Gasteiger partial charge in [0.1, 0.15) is 5.67 Å². The van der Waals surface area contributed by atoms with E-state index < -0.39 is 5.67 Å². The van der Waals surface area contributed by atoms with Gasteiger partial charge < -0.3 is 5.32 Å². The minimum atomic E-state index is -1.28. The highest BCUT2D eigenvalue weighted by molar-refractivity contribution is 5.27. The Kier molecular flexibility index (Phi) is 4.28. The molecule has 0 radical (unpaired) electrons. The maximum absolute atomic E-state index is 14.1. The van der Waals surface area contributed by atoms with Crippen molar-refractivity contribution in [3.63, 3.8) is 0 Å². The Bertz CT molecular complexity index is 290. The molecule has 0 amide bonds. The van der Waals surface area contributed by atoms with Crippen molar-refractivity contribution >= 4 is 0 Å². The van der Waals surface area contributed by atoms with E-state index in [1.54, 1.807) is 14.0 Å². The second kappa shape index (κ2) is 5.26. The summed E-state index contributed by atoms with van der Waals surface area (Å²) < 4.78 is 14.1. The molecular weight excluding hydrogens is 189 g/mol. The zero-order valence-electron chi connectivity index (χ0n) is 9.81. The van der Waals surface area contributed by atoms with Crippen molar-refractivity contribution in [3.8, 4) is 0 Å². The summed E-state index contributed by atoms with van der Waals surface area (Å²) in [6, 6.07) is 7.82. The molecule has 0 saturated carbocycles. The number of rotatable bonds is 5. The first kappa shape index (κ1) is 12.2. The molecule has 84 valence electrons. The number of hydrogen-bond acceptors (Lipinski definition) is 1. The molecule has 1 nitrogen and oxygen atoms in total. The molecule has 0 aliphatic heterocycles. The van der Waals surface area contributed by atoms with E-state index in [0.717, 1.165) is 18.4 Å². The monoisotopic (exact) mass is 209 g/mol. The Balaban J connectivity index is 2.78. The number of aryl methyl sites for hydroxylation is 1. The summed E-state index contributed by atoms with van der Waals surface area (Å²) in [4.78, 5) is 0. The molecule has 0 saturated heterocycles. The van der Waals surface area contributed by atoms with Crippen molar-refractivity contribution in [2.45, 2.75) is 32.4 Å². The second-order valence-corrected chi connectivity index (χ2v) is 4.17. The van der Waals surface area contributed by atoms with Crippen LogP contribution in [0.5, 0.6) is 0 Å². The lowest BCUT2D eigenvalue weighted by atomic mass is 9.96. The van der Waals surface area contributed by atoms with Gasteiger partial charge >= 0.3 is 0 Å². The third-order valence-electron chi connectivity index (χ3n) is 2.60. The molecule has 0 heterocycles. The molecule has 15 heavy (non-hydrogen) atoms. The lowest BCUT2D eigenvalue weighted by molar-refractivity contribution is 0.191. The molecular formula is C13H20FN. The van der Waals surface area contributed by atoms with E-state index in [4.69, 9.17) is 0 Å². The fourth-order valence-electron chi connectivity index (χ4n) is 1.74. The topological polar surface area (TPSA) is 12.0 Å². The van der Waals surface area contributed by atoms with Gasteiger partial charge in [0.25, 0.3) is 0 Å². The predicted molar refractivity (Wildman–Crippen MR) is 62.8 cm³/mol. The minimum absolute atomic E-state index is 0.347. The molecule has 0 aliphatic rings. The SMILES string of the molecule is CCCc1ccc(C(C)(F)CNC)cc1. The van der Waals surface area contributed by atoms with Gasteiger partial charge in [0, 0.05) is 6.54 Å². The number of halogens is 1. The Hall–Kier alpha value is -0.890. The first-order valence-electron chi connectivity index (χ1n) is 5.53. The molecule has 0 aromatic heterocycles. The lowest BCUT2D eigenvalue weighted by Gasteiger charge is -2.20. The highest BCUT2D eigenvalue weighted by Crippen LogP contribution is 2.24. The number of hydrogen-bond donors (Lipinski definition) is 1. The summed E-state index contributed by atoms with van der Waals surface area (Å²) in [5, 5.41) is 2.87. The second-order valence-electron chi connectivity index (χ2n) is 4.17. The highest BCUT2D eigenvalue weighted by Gasteiger charge is 2.24. The first-order valence-corrected chi connectivity index (χ1v) is 5.53. The van der Waals surface area contributed by atoms with E-state index in [2.05, 4.69) is 12.2 Å². The molecule has 1 unspecified atom stereocenters. The third kappa shape index (κ3) is 3.31. The Morgan fingerprint density at radius 3 is 2.33 bits per heavy atom. The quantitative estimate of drug-likeness (QED) is 0.786. The fraction of sp³-hybridized carbons (Fsp3) is 0.538. The molecule has 1 atom stereocenters. The molecule has 1 aromatic carbocycles. The minimum Gasteiger partial charge on any atom is -0.316 e. The van der Waals surface area contributed by atoms with Gasteiger partial charge in [-0.05, 0) is 31.5 Å². The van der Waals surface area contributed by atoms with Crippen molar-refractivity contribution in [3.05, 3.63) is 35.4 Å². The number of likely N-dealkylation sites (N-methyl/N-ethyl adjacent to an activating group) is 1. The average Bonchev–Trinajstić information content (AvgIpc) is 2.19. The molecule has 1 N–H and O–H groups in total. The Morgan fingerprint density at radius 2 is 1.87 bits per heavy atom. The van der Waals surface area contributed by atoms with E-state index >= 15 is 0 Å². The zero-order valence-corrected chi connectivity index (χ0v) is 9.81. The van der Waals surface area contributed by atoms with Crippen LogP contribution in [0.2, 0.25) is 0 Å². The van der Waals surface area contributed by atoms with Crippen molar-refractivity contribution < 1.29 is 4.39 Å². The van der Waals surface area contributed by atoms with Crippen LogP contribution in [-0.4, -0.2) is 13.6 Å². The van der Waals surface area contributed by atoms with Crippen LogP contribution in [0.15, 0.2) is 24.3 Å². The van der Waals surface area contributed by atoms with Gasteiger partial charge in [-0.3, -0.25) is 0 Å². The van der Waals surface area contributed by atoms with Crippen LogP contribution in [0.4, 0.5) is 4.39 Å². The van der Waals surface area contributed by atoms with E-state index in [0.29, 0.717) is 6.54 Å². The molecule has 0 spiro atoms. The van der Waals surface area contributed by atoms with Crippen LogP contribution in [0.1, 0.15) is 31.4 Å². The molecule has 1 rings (SSSR count). The van der Waals surface area contributed by atoms with Crippen LogP contribution in [-0.2, 0) is 12.1 Å². The fourth-order valence-corrected chi connectivity index (χ4v) is 1.74. The average molecular weight is 209 g/mol. The van der Waals surface area contributed by atoms with Gasteiger partial charge in [-0.2, -0.15) is 0 Å². The van der Waals surface area contributed by atoms with Gasteiger partial charge in [-0.25, -0.2) is 4.39 Å². The molecule has 0 fully saturated rings. The first-order chi connectivity index (χ1) is 7.10. The number of nitrogens with one attached hydrogen (secondary N) is 1. The van der Waals surface area contributed by atoms with Crippen molar-refractivity contribution in [1.29, 1.82) is 0 Å². The Labute approximate surface area is 91.7 Å². The van der Waals surface area contributed by atoms with Gasteiger partial charge in [0.2, 0.25) is 0 Å². The standard InChI is InChI=1S/C13H20FN/c1-4-5-11-6-8-12(9-7-11)13(2,14)10-15-3/h6-9,15H,4-5,10H2,1-3H3. The summed E-state index contributed by atoms with van der Waals surface area (Å²) in [5.41, 5.74) is 0.748. The van der Waals surface area contributed by atoms with Crippen molar-refractivity contribution in [2.24, 2.45) is 0 Å². The summed E-state index contributed by atoms with van der Waals surface area (Å²) in [7, 11) is 1.77. The summed E-state index contributed by atoms with van der Waals surface area (Å²) in [5.74, 6) is 0. The van der Waals surface area contributed by atoms with Crippen LogP contribution in [0.25, 0.3) is 0 Å². The van der Waals surface area contributed by atoms with Gasteiger partial charge in [-0.15, -0.1) is 0 Å². The summed E-state index contributed by atoms with van der Waals surface area (Å²) >= 11 is 0. The predicted octanol–water partition coefficient (Wildman–Crippen LogP) is 3.04. The molecule has 0 bridgehead atoms. The maximum atomic E-state index is 14.1. The molecule has 2 heteroatoms. The largest absolute Gasteiger partial charge is 0.316 e. The van der Waals surface area contributed by atoms with E-state index in [1.165, 1.54) is 5.56 Å². The maximum Gasteiger partial charge on any atom is 0.145 e. The number of benzene rings is 1. The molecule has 0 aliphatic carbocycles. The van der Waals surface area contributed by atoms with E-state index in [9.17, 15) is 4.39 Å². The van der Waals surface area contributed by atoms with E-state index in [-0.39, 0.29) is 0 Å². The third-order valence-corrected chi connectivity index (χ3v) is 2.60. The normalized spacial score (nSPS) is 14.9. The van der Waals surface area contributed by atoms with E-state index in [1.807, 2.05) is 24.3 Å². The van der Waals surface area contributed by atoms with Crippen molar-refractivity contribution in [1.82, 2.24) is 5.32 Å². The lowest BCUT2D eigenvalue weighted by Crippen LogP contribution is -2.29. The van der Waals surface area contributed by atoms with Gasteiger partial charge in [-0.1, -0.05) is 37.6 Å². The summed E-state index contributed by atoms with van der Waals surface area (Å²) in [6.07, 6.45) is 2.19. The van der Waals surface area contributed by atoms with Gasteiger partial charge in [0.05, 0.1) is 0 Å². The van der Waals surface area contributed by atoms with Crippen LogP contribution < -0.4 is 5.32 Å². The van der Waals surface area contributed by atoms with Crippen LogP contribution >= 0.6 is 0 Å². The summed E-state index contributed by atoms with van der Waals surface area (Å²) in [6.45, 7) is 4.10. The smallest absolute Gasteiger partial charge is 0.145 e. The zero-order chi connectivity index (χ0) is 11.3. The van der Waals surface area contributed by atoms with Gasteiger partial charge in [0.15, 0.2) is 0 Å². The highest BCUT2D eigenvalue weighted by atomic mass is 19.1. The van der Waals surface area contributed by atoms with Crippen LogP contribution in [0, 0.1) is 0 Å². The molecule has 1 aromatic rings. The number of alkyl halides is 1. The Morgan fingerprint density at radius 1 is 1.27 bits per heavy atom.